The van der Waals surface area contributed by atoms with Crippen molar-refractivity contribution < 1.29 is 28.2 Å². The van der Waals surface area contributed by atoms with Gasteiger partial charge >= 0.3 is 5.97 Å². The maximum atomic E-state index is 14.0. The van der Waals surface area contributed by atoms with Gasteiger partial charge in [-0.25, -0.2) is 18.7 Å². The molecule has 3 aromatic heterocycles. The quantitative estimate of drug-likeness (QED) is 0.126. The molecular formula is C38H41F2N9O4. The van der Waals surface area contributed by atoms with Crippen LogP contribution in [-0.4, -0.2) is 79.5 Å². The van der Waals surface area contributed by atoms with Crippen LogP contribution < -0.4 is 16.0 Å². The molecule has 13 nitrogen and oxygen atoms in total. The number of carbonyl (C=O) groups excluding carboxylic acids is 2. The molecule has 0 bridgehead atoms. The number of hydrogen-bond donors (Lipinski definition) is 4. The number of fused-ring (bicyclic) bond motifs is 2. The van der Waals surface area contributed by atoms with Crippen LogP contribution in [0.1, 0.15) is 70.4 Å². The van der Waals surface area contributed by atoms with E-state index in [9.17, 15) is 23.5 Å². The van der Waals surface area contributed by atoms with Crippen molar-refractivity contribution in [2.75, 3.05) is 37.4 Å². The van der Waals surface area contributed by atoms with E-state index in [1.54, 1.807) is 23.0 Å². The number of pyridine rings is 1. The number of aryl methyl sites for hydroxylation is 1. The summed E-state index contributed by atoms with van der Waals surface area (Å²) in [6, 6.07) is 14.7. The lowest BCUT2D eigenvalue weighted by molar-refractivity contribution is -0.139. The van der Waals surface area contributed by atoms with Crippen LogP contribution >= 0.6 is 0 Å². The Hall–Kier alpha value is -5.38. The first-order valence-electron chi connectivity index (χ1n) is 17.6. The predicted molar refractivity (Wildman–Crippen MR) is 195 cm³/mol. The maximum Gasteiger partial charge on any atom is 0.319 e. The fourth-order valence-corrected chi connectivity index (χ4v) is 7.08. The van der Waals surface area contributed by atoms with Crippen LogP contribution in [0, 0.1) is 13.8 Å². The summed E-state index contributed by atoms with van der Waals surface area (Å²) in [6.07, 6.45) is 0.783. The Morgan fingerprint density at radius 2 is 1.77 bits per heavy atom. The van der Waals surface area contributed by atoms with E-state index in [-0.39, 0.29) is 42.1 Å². The number of ether oxygens (including phenoxy) is 1. The summed E-state index contributed by atoms with van der Waals surface area (Å²) in [5, 5.41) is 23.9. The molecule has 276 valence electrons. The summed E-state index contributed by atoms with van der Waals surface area (Å²) in [6.45, 7) is 6.40. The first-order chi connectivity index (χ1) is 25.6. The maximum absolute atomic E-state index is 14.0. The number of rotatable bonds is 11. The molecule has 7 rings (SSSR count). The second-order valence-electron chi connectivity index (χ2n) is 13.5. The van der Waals surface area contributed by atoms with E-state index in [4.69, 9.17) is 4.74 Å². The summed E-state index contributed by atoms with van der Waals surface area (Å²) in [4.78, 5) is 40.2. The Balaban J connectivity index is 1.13. The monoisotopic (exact) mass is 725 g/mol. The summed E-state index contributed by atoms with van der Waals surface area (Å²) in [5.41, 5.74) is 7.24. The standard InChI is InChI=1S/C38H41F2N9O4/c1-21-25(26-8-5-10-28(22(26)2)45-38(52)31-16-32-29(41-18-33(51)53-3)11-6-13-49(32)47-31)7-4-9-27(21)43-36-34-30(44-37(46-36)35(39)40)15-23(17-42-34)19-48-14-12-24(50)20-48/h4-5,7-10,15-17,24,29,35,41,50H,6,11-14,18-20H2,1-3H3,(H,45,52)(H,43,44,46)/t24-,29+/m1/s1. The largest absolute Gasteiger partial charge is 0.468 e. The summed E-state index contributed by atoms with van der Waals surface area (Å²) < 4.78 is 34.6. The van der Waals surface area contributed by atoms with Gasteiger partial charge in [0.1, 0.15) is 5.52 Å². The second-order valence-corrected chi connectivity index (χ2v) is 13.5. The van der Waals surface area contributed by atoms with Crippen LogP contribution in [0.15, 0.2) is 54.7 Å². The van der Waals surface area contributed by atoms with Gasteiger partial charge in [-0.05, 0) is 85.2 Å². The van der Waals surface area contributed by atoms with E-state index in [1.165, 1.54) is 7.11 Å². The third-order valence-corrected chi connectivity index (χ3v) is 9.90. The molecule has 5 aromatic rings. The van der Waals surface area contributed by atoms with Crippen LogP contribution in [0.25, 0.3) is 22.2 Å². The lowest BCUT2D eigenvalue weighted by atomic mass is 9.94. The Labute approximate surface area is 304 Å². The first-order valence-corrected chi connectivity index (χ1v) is 17.6. The first kappa shape index (κ1) is 36.0. The number of benzene rings is 2. The van der Waals surface area contributed by atoms with E-state index in [0.29, 0.717) is 48.5 Å². The Morgan fingerprint density at radius 1 is 1.02 bits per heavy atom. The SMILES string of the molecule is COC(=O)CN[C@H]1CCCn2nc(C(=O)Nc3cccc(-c4cccc(Nc5nc(C(F)F)nc6cc(CN7CC[C@@H](O)C7)cnc56)c4C)c3C)cc21. The molecule has 1 amide bonds. The zero-order chi connectivity index (χ0) is 37.2. The molecule has 0 saturated carbocycles. The Kier molecular flexibility index (Phi) is 10.4. The number of aliphatic hydroxyl groups is 1. The molecule has 2 aliphatic rings. The van der Waals surface area contributed by atoms with E-state index in [2.05, 4.69) is 40.9 Å². The number of aromatic nitrogens is 5. The van der Waals surface area contributed by atoms with Gasteiger partial charge in [0.15, 0.2) is 17.3 Å². The topological polar surface area (TPSA) is 159 Å². The number of esters is 1. The van der Waals surface area contributed by atoms with E-state index in [1.807, 2.05) is 50.2 Å². The number of carbonyl (C=O) groups is 2. The average molecular weight is 726 g/mol. The number of anilines is 3. The van der Waals surface area contributed by atoms with Crippen molar-refractivity contribution in [1.29, 1.82) is 0 Å². The van der Waals surface area contributed by atoms with Crippen LogP contribution in [0.2, 0.25) is 0 Å². The van der Waals surface area contributed by atoms with Crippen LogP contribution in [0.4, 0.5) is 26.0 Å². The molecule has 5 heterocycles. The summed E-state index contributed by atoms with van der Waals surface area (Å²) >= 11 is 0. The van der Waals surface area contributed by atoms with Gasteiger partial charge in [0.25, 0.3) is 12.3 Å². The van der Waals surface area contributed by atoms with E-state index < -0.39 is 12.2 Å². The van der Waals surface area contributed by atoms with Crippen molar-refractivity contribution in [3.8, 4) is 11.1 Å². The molecule has 53 heavy (non-hydrogen) atoms. The lowest BCUT2D eigenvalue weighted by Crippen LogP contribution is -2.32. The number of alkyl halides is 2. The molecule has 0 radical (unpaired) electrons. The van der Waals surface area contributed by atoms with Gasteiger partial charge in [0, 0.05) is 49.8 Å². The fraction of sp³-hybridized carbons (Fsp3) is 0.368. The Morgan fingerprint density at radius 3 is 2.49 bits per heavy atom. The molecule has 0 aliphatic carbocycles. The summed E-state index contributed by atoms with van der Waals surface area (Å²) in [7, 11) is 1.34. The number of methoxy groups -OCH3 is 1. The number of amides is 1. The minimum atomic E-state index is -2.89. The zero-order valence-electron chi connectivity index (χ0n) is 29.7. The average Bonchev–Trinajstić information content (AvgIpc) is 3.78. The summed E-state index contributed by atoms with van der Waals surface area (Å²) in [5.74, 6) is -1.16. The molecule has 2 aromatic carbocycles. The number of β-amino-alcohol motifs (C(OH)–C–C–N with tert-alkyl or cyclic N) is 1. The number of nitrogens with one attached hydrogen (secondary N) is 3. The minimum absolute atomic E-state index is 0.0616. The highest BCUT2D eigenvalue weighted by molar-refractivity contribution is 6.04. The van der Waals surface area contributed by atoms with Gasteiger partial charge in [-0.1, -0.05) is 24.3 Å². The minimum Gasteiger partial charge on any atom is -0.468 e. The van der Waals surface area contributed by atoms with Gasteiger partial charge in [-0.2, -0.15) is 5.10 Å². The molecule has 1 saturated heterocycles. The smallest absolute Gasteiger partial charge is 0.319 e. The molecule has 2 atom stereocenters. The lowest BCUT2D eigenvalue weighted by Gasteiger charge is -2.24. The fourth-order valence-electron chi connectivity index (χ4n) is 7.08. The predicted octanol–water partition coefficient (Wildman–Crippen LogP) is 5.60. The molecular weight excluding hydrogens is 684 g/mol. The number of nitrogens with zero attached hydrogens (tertiary/aromatic N) is 6. The van der Waals surface area contributed by atoms with Crippen molar-refractivity contribution in [1.82, 2.24) is 34.9 Å². The number of halogens is 2. The third-order valence-electron chi connectivity index (χ3n) is 9.90. The zero-order valence-corrected chi connectivity index (χ0v) is 29.7. The van der Waals surface area contributed by atoms with Crippen LogP contribution in [0.3, 0.4) is 0 Å². The van der Waals surface area contributed by atoms with E-state index >= 15 is 0 Å². The van der Waals surface area contributed by atoms with Crippen LogP contribution in [0.5, 0.6) is 0 Å². The van der Waals surface area contributed by atoms with Gasteiger partial charge in [0.2, 0.25) is 0 Å². The molecule has 4 N–H and O–H groups in total. The van der Waals surface area contributed by atoms with E-state index in [0.717, 1.165) is 52.9 Å². The Bertz CT molecular complexity index is 2180. The molecule has 1 fully saturated rings. The highest BCUT2D eigenvalue weighted by Crippen LogP contribution is 2.36. The molecule has 2 aliphatic heterocycles. The highest BCUT2D eigenvalue weighted by Gasteiger charge is 2.26. The van der Waals surface area contributed by atoms with Gasteiger partial charge < -0.3 is 20.5 Å². The van der Waals surface area contributed by atoms with Gasteiger partial charge in [0.05, 0.1) is 31.0 Å². The van der Waals surface area contributed by atoms with Crippen molar-refractivity contribution in [3.05, 3.63) is 88.6 Å². The van der Waals surface area contributed by atoms with Crippen molar-refractivity contribution >= 4 is 40.1 Å². The highest BCUT2D eigenvalue weighted by atomic mass is 19.3. The number of likely N-dealkylation sites (tertiary alicyclic amines) is 1. The number of hydrogen-bond acceptors (Lipinski definition) is 11. The second kappa shape index (κ2) is 15.3. The molecule has 15 heteroatoms. The van der Waals surface area contributed by atoms with Crippen LogP contribution in [-0.2, 0) is 22.6 Å². The van der Waals surface area contributed by atoms with Crippen molar-refractivity contribution in [2.24, 2.45) is 0 Å². The number of aliphatic hydroxyl groups excluding tert-OH is 1. The van der Waals surface area contributed by atoms with Crippen molar-refractivity contribution in [2.45, 2.75) is 64.8 Å². The third kappa shape index (κ3) is 7.72. The van der Waals surface area contributed by atoms with Crippen molar-refractivity contribution in [3.63, 3.8) is 0 Å². The van der Waals surface area contributed by atoms with Gasteiger partial charge in [-0.15, -0.1) is 0 Å². The van der Waals surface area contributed by atoms with Gasteiger partial charge in [-0.3, -0.25) is 29.5 Å². The molecule has 0 unspecified atom stereocenters. The normalized spacial score (nSPS) is 17.3. The molecule has 0 spiro atoms.